The monoisotopic (exact) mass is 420 g/mol. The van der Waals surface area contributed by atoms with Crippen LogP contribution in [-0.4, -0.2) is 14.7 Å². The molecule has 2 fully saturated rings. The van der Waals surface area contributed by atoms with Crippen LogP contribution in [0.3, 0.4) is 0 Å². The molecule has 0 spiro atoms. The van der Waals surface area contributed by atoms with E-state index in [-0.39, 0.29) is 17.9 Å². The van der Waals surface area contributed by atoms with E-state index in [1.165, 1.54) is 35.9 Å². The van der Waals surface area contributed by atoms with Crippen LogP contribution in [0, 0.1) is 26.6 Å². The van der Waals surface area contributed by atoms with Crippen LogP contribution < -0.4 is 10.2 Å². The zero-order valence-electron chi connectivity index (χ0n) is 17.4. The standard InChI is InChI=1S/C24H25FN4S/c1-14-12-18(9-10-20(14)25)29-23(19-13-15(2)28(16(19)3)17-7-8-17)22(27-24(29)30)21-6-4-5-11-26-21/h4-6,9-13,17,22-23H,7-8H2,1-3H3,(H,27,30)/t22-,23-/m1/s1. The lowest BCUT2D eigenvalue weighted by molar-refractivity contribution is 0.561. The highest BCUT2D eigenvalue weighted by atomic mass is 32.1. The molecular formula is C24H25FN4S. The number of pyridine rings is 1. The van der Waals surface area contributed by atoms with Gasteiger partial charge in [0.05, 0.1) is 17.8 Å². The fraction of sp³-hybridized carbons (Fsp3) is 0.333. The molecule has 2 atom stereocenters. The Morgan fingerprint density at radius 1 is 1.10 bits per heavy atom. The number of nitrogens with zero attached hydrogens (tertiary/aromatic N) is 3. The molecule has 2 aliphatic rings. The minimum absolute atomic E-state index is 0.0593. The van der Waals surface area contributed by atoms with Gasteiger partial charge in [-0.15, -0.1) is 0 Å². The second-order valence-corrected chi connectivity index (χ2v) is 8.74. The third-order valence-electron chi connectivity index (χ3n) is 6.27. The maximum Gasteiger partial charge on any atom is 0.174 e. The van der Waals surface area contributed by atoms with E-state index in [1.807, 2.05) is 36.5 Å². The molecule has 3 heterocycles. The first-order chi connectivity index (χ1) is 14.5. The number of benzene rings is 1. The number of hydrogen-bond acceptors (Lipinski definition) is 2. The highest BCUT2D eigenvalue weighted by Gasteiger charge is 2.43. The Balaban J connectivity index is 1.67. The first kappa shape index (κ1) is 19.2. The van der Waals surface area contributed by atoms with Gasteiger partial charge in [0.2, 0.25) is 0 Å². The van der Waals surface area contributed by atoms with Crippen molar-refractivity contribution in [3.63, 3.8) is 0 Å². The maximum absolute atomic E-state index is 14.0. The summed E-state index contributed by atoms with van der Waals surface area (Å²) in [5.74, 6) is -0.207. The van der Waals surface area contributed by atoms with Crippen LogP contribution in [-0.2, 0) is 0 Å². The van der Waals surface area contributed by atoms with Crippen molar-refractivity contribution < 1.29 is 4.39 Å². The lowest BCUT2D eigenvalue weighted by atomic mass is 9.96. The van der Waals surface area contributed by atoms with Gasteiger partial charge < -0.3 is 14.8 Å². The van der Waals surface area contributed by atoms with Crippen LogP contribution in [0.25, 0.3) is 0 Å². The van der Waals surface area contributed by atoms with E-state index < -0.39 is 0 Å². The zero-order chi connectivity index (χ0) is 21.0. The van der Waals surface area contributed by atoms with Gasteiger partial charge in [-0.1, -0.05) is 6.07 Å². The van der Waals surface area contributed by atoms with Crippen LogP contribution in [0.5, 0.6) is 0 Å². The molecule has 6 heteroatoms. The summed E-state index contributed by atoms with van der Waals surface area (Å²) in [6, 6.07) is 13.9. The number of anilines is 1. The average molecular weight is 421 g/mol. The Hall–Kier alpha value is -2.73. The first-order valence-electron chi connectivity index (χ1n) is 10.4. The molecule has 1 N–H and O–H groups in total. The normalized spacial score (nSPS) is 21.2. The lowest BCUT2D eigenvalue weighted by Crippen LogP contribution is -2.29. The van der Waals surface area contributed by atoms with Crippen molar-refractivity contribution >= 4 is 23.0 Å². The molecule has 1 aromatic carbocycles. The molecule has 0 amide bonds. The SMILES string of the molecule is Cc1cc(N2C(=S)N[C@H](c3ccccn3)[C@H]2c2cc(C)n(C3CC3)c2C)ccc1F. The van der Waals surface area contributed by atoms with Crippen molar-refractivity contribution in [3.8, 4) is 0 Å². The fourth-order valence-electron chi connectivity index (χ4n) is 4.72. The van der Waals surface area contributed by atoms with E-state index in [9.17, 15) is 4.39 Å². The van der Waals surface area contributed by atoms with Crippen LogP contribution in [0.15, 0.2) is 48.7 Å². The fourth-order valence-corrected chi connectivity index (χ4v) is 5.07. The Morgan fingerprint density at radius 2 is 1.90 bits per heavy atom. The summed E-state index contributed by atoms with van der Waals surface area (Å²) in [6.45, 7) is 6.17. The van der Waals surface area contributed by atoms with E-state index in [2.05, 4.69) is 39.7 Å². The summed E-state index contributed by atoms with van der Waals surface area (Å²) in [5, 5.41) is 4.13. The molecule has 1 aliphatic carbocycles. The highest BCUT2D eigenvalue weighted by molar-refractivity contribution is 7.80. The van der Waals surface area contributed by atoms with Gasteiger partial charge in [0.25, 0.3) is 0 Å². The van der Waals surface area contributed by atoms with Gasteiger partial charge in [-0.25, -0.2) is 4.39 Å². The zero-order valence-corrected chi connectivity index (χ0v) is 18.2. The summed E-state index contributed by atoms with van der Waals surface area (Å²) < 4.78 is 16.4. The number of thiocarbonyl (C=S) groups is 1. The van der Waals surface area contributed by atoms with Gasteiger partial charge in [0.15, 0.2) is 5.11 Å². The van der Waals surface area contributed by atoms with Gasteiger partial charge in [-0.2, -0.15) is 0 Å². The van der Waals surface area contributed by atoms with E-state index in [1.54, 1.807) is 6.92 Å². The molecule has 1 aliphatic heterocycles. The topological polar surface area (TPSA) is 33.1 Å². The summed E-state index contributed by atoms with van der Waals surface area (Å²) in [7, 11) is 0. The molecule has 1 saturated heterocycles. The third kappa shape index (κ3) is 3.10. The van der Waals surface area contributed by atoms with E-state index in [0.29, 0.717) is 16.7 Å². The molecule has 2 aromatic heterocycles. The average Bonchev–Trinajstić information content (AvgIpc) is 3.44. The number of nitrogens with one attached hydrogen (secondary N) is 1. The summed E-state index contributed by atoms with van der Waals surface area (Å²) >= 11 is 5.79. The smallest absolute Gasteiger partial charge is 0.174 e. The van der Waals surface area contributed by atoms with Gasteiger partial charge in [-0.3, -0.25) is 4.98 Å². The van der Waals surface area contributed by atoms with Crippen molar-refractivity contribution in [2.24, 2.45) is 0 Å². The Kier molecular flexibility index (Phi) is 4.62. The number of aromatic nitrogens is 2. The predicted octanol–water partition coefficient (Wildman–Crippen LogP) is 5.46. The molecule has 5 rings (SSSR count). The minimum atomic E-state index is -0.207. The van der Waals surface area contributed by atoms with Crippen LogP contribution in [0.4, 0.5) is 10.1 Å². The Bertz CT molecular complexity index is 1120. The van der Waals surface area contributed by atoms with Crippen LogP contribution in [0.1, 0.15) is 59.2 Å². The molecule has 154 valence electrons. The summed E-state index contributed by atoms with van der Waals surface area (Å²) in [6.07, 6.45) is 4.29. The Labute approximate surface area is 181 Å². The van der Waals surface area contributed by atoms with Crippen molar-refractivity contribution in [1.29, 1.82) is 0 Å². The molecule has 0 unspecified atom stereocenters. The second kappa shape index (κ2) is 7.20. The molecular weight excluding hydrogens is 395 g/mol. The first-order valence-corrected chi connectivity index (χ1v) is 10.8. The summed E-state index contributed by atoms with van der Waals surface area (Å²) in [4.78, 5) is 6.75. The third-order valence-corrected chi connectivity index (χ3v) is 6.59. The maximum atomic E-state index is 14.0. The molecule has 1 saturated carbocycles. The molecule has 30 heavy (non-hydrogen) atoms. The number of halogens is 1. The quantitative estimate of drug-likeness (QED) is 0.568. The highest BCUT2D eigenvalue weighted by Crippen LogP contribution is 2.46. The van der Waals surface area contributed by atoms with Gasteiger partial charge in [0, 0.05) is 29.3 Å². The Morgan fingerprint density at radius 3 is 2.57 bits per heavy atom. The van der Waals surface area contributed by atoms with Crippen LogP contribution >= 0.6 is 12.2 Å². The largest absolute Gasteiger partial charge is 0.351 e. The van der Waals surface area contributed by atoms with E-state index in [0.717, 1.165) is 11.4 Å². The number of aryl methyl sites for hydroxylation is 2. The number of rotatable bonds is 4. The lowest BCUT2D eigenvalue weighted by Gasteiger charge is -2.28. The molecule has 0 bridgehead atoms. The van der Waals surface area contributed by atoms with Crippen molar-refractivity contribution in [2.45, 2.75) is 51.7 Å². The van der Waals surface area contributed by atoms with E-state index >= 15 is 0 Å². The molecule has 4 nitrogen and oxygen atoms in total. The van der Waals surface area contributed by atoms with Gasteiger partial charge in [-0.05, 0) is 93.4 Å². The molecule has 0 radical (unpaired) electrons. The van der Waals surface area contributed by atoms with Crippen LogP contribution in [0.2, 0.25) is 0 Å². The van der Waals surface area contributed by atoms with Crippen molar-refractivity contribution in [3.05, 3.63) is 82.7 Å². The van der Waals surface area contributed by atoms with E-state index in [4.69, 9.17) is 12.2 Å². The second-order valence-electron chi connectivity index (χ2n) is 8.36. The number of hydrogen-bond donors (Lipinski definition) is 1. The summed E-state index contributed by atoms with van der Waals surface area (Å²) in [5.41, 5.74) is 6.24. The predicted molar refractivity (Wildman–Crippen MR) is 121 cm³/mol. The van der Waals surface area contributed by atoms with Crippen molar-refractivity contribution in [1.82, 2.24) is 14.9 Å². The minimum Gasteiger partial charge on any atom is -0.351 e. The van der Waals surface area contributed by atoms with Crippen molar-refractivity contribution in [2.75, 3.05) is 4.90 Å². The molecule has 3 aromatic rings. The van der Waals surface area contributed by atoms with Gasteiger partial charge in [0.1, 0.15) is 5.82 Å². The van der Waals surface area contributed by atoms with Gasteiger partial charge >= 0.3 is 0 Å².